The first kappa shape index (κ1) is 19.2. The molecule has 0 amide bonds. The highest BCUT2D eigenvalue weighted by molar-refractivity contribution is 6.30. The van der Waals surface area contributed by atoms with Gasteiger partial charge in [-0.3, -0.25) is 9.59 Å². The zero-order chi connectivity index (χ0) is 22.3. The molecule has 0 radical (unpaired) electrons. The Morgan fingerprint density at radius 2 is 0.750 bits per heavy atom. The maximum Gasteiger partial charge on any atom is 0.194 e. The molecule has 2 heteroatoms. The summed E-state index contributed by atoms with van der Waals surface area (Å²) in [7, 11) is 0. The van der Waals surface area contributed by atoms with Gasteiger partial charge in [0, 0.05) is 32.3 Å². The normalized spacial score (nSPS) is 12.6. The molecule has 0 bridgehead atoms. The Morgan fingerprint density at radius 1 is 0.438 bits per heavy atom. The molecule has 0 aromatic heterocycles. The monoisotopic (exact) mass is 416 g/mol. The van der Waals surface area contributed by atoms with Crippen LogP contribution in [0.25, 0.3) is 53.9 Å². The van der Waals surface area contributed by atoms with Crippen molar-refractivity contribution in [2.45, 2.75) is 39.5 Å². The summed E-state index contributed by atoms with van der Waals surface area (Å²) < 4.78 is 0. The highest BCUT2D eigenvalue weighted by atomic mass is 16.1. The van der Waals surface area contributed by atoms with Gasteiger partial charge in [0.1, 0.15) is 0 Å². The Hall–Kier alpha value is -3.52. The average Bonchev–Trinajstić information content (AvgIpc) is 3.25. The molecule has 2 nitrogen and oxygen atoms in total. The molecule has 0 aliphatic carbocycles. The van der Waals surface area contributed by atoms with Crippen LogP contribution in [0.4, 0.5) is 0 Å². The van der Waals surface area contributed by atoms with Gasteiger partial charge >= 0.3 is 0 Å². The molecule has 32 heavy (non-hydrogen) atoms. The molecule has 0 saturated carbocycles. The molecule has 156 valence electrons. The molecule has 6 rings (SSSR count). The molecule has 0 fully saturated rings. The van der Waals surface area contributed by atoms with Gasteiger partial charge in [-0.05, 0) is 68.8 Å². The van der Waals surface area contributed by atoms with Crippen LogP contribution < -0.4 is 10.9 Å². The second-order valence-electron chi connectivity index (χ2n) is 9.65. The second-order valence-corrected chi connectivity index (χ2v) is 9.65. The zero-order valence-corrected chi connectivity index (χ0v) is 18.7. The standard InChI is InChI=1S/C30H24O2/c1-15(2)17-5-7-21-25(13-17)29(31)23-11-9-20-19(27(21)23)10-12-24-28(20)22-8-6-18(16(3)4)14-26(22)30(24)32/h5-16H,1-4H3. The lowest BCUT2D eigenvalue weighted by Gasteiger charge is -2.07. The topological polar surface area (TPSA) is 34.1 Å². The summed E-state index contributed by atoms with van der Waals surface area (Å²) >= 11 is 0. The van der Waals surface area contributed by atoms with E-state index in [2.05, 4.69) is 52.0 Å². The third-order valence-electron chi connectivity index (χ3n) is 7.14. The first-order valence-corrected chi connectivity index (χ1v) is 11.3. The zero-order valence-electron chi connectivity index (χ0n) is 18.7. The Labute approximate surface area is 185 Å². The van der Waals surface area contributed by atoms with E-state index in [1.807, 2.05) is 36.4 Å². The quantitative estimate of drug-likeness (QED) is 0.297. The first-order valence-electron chi connectivity index (χ1n) is 11.3. The maximum absolute atomic E-state index is 13.2. The van der Waals surface area contributed by atoms with Crippen molar-refractivity contribution in [1.82, 2.24) is 0 Å². The summed E-state index contributed by atoms with van der Waals surface area (Å²) in [6.07, 6.45) is 0. The Balaban J connectivity index is 1.79. The predicted molar refractivity (Wildman–Crippen MR) is 137 cm³/mol. The van der Waals surface area contributed by atoms with Crippen molar-refractivity contribution >= 4 is 53.9 Å². The van der Waals surface area contributed by atoms with Crippen molar-refractivity contribution in [2.75, 3.05) is 0 Å². The second kappa shape index (κ2) is 6.49. The van der Waals surface area contributed by atoms with Crippen LogP contribution in [0.1, 0.15) is 50.7 Å². The van der Waals surface area contributed by atoms with Crippen LogP contribution in [-0.4, -0.2) is 0 Å². The number of hydrogen-bond donors (Lipinski definition) is 0. The molecule has 0 spiro atoms. The summed E-state index contributed by atoms with van der Waals surface area (Å²) in [6, 6.07) is 20.5. The van der Waals surface area contributed by atoms with Crippen molar-refractivity contribution in [2.24, 2.45) is 0 Å². The highest BCUT2D eigenvalue weighted by Gasteiger charge is 2.18. The lowest BCUT2D eigenvalue weighted by Crippen LogP contribution is -1.96. The van der Waals surface area contributed by atoms with E-state index in [0.717, 1.165) is 53.9 Å². The molecule has 0 aliphatic heterocycles. The molecule has 6 aromatic rings. The third kappa shape index (κ3) is 2.41. The van der Waals surface area contributed by atoms with Gasteiger partial charge in [0.15, 0.2) is 10.9 Å². The van der Waals surface area contributed by atoms with E-state index in [1.54, 1.807) is 0 Å². The van der Waals surface area contributed by atoms with E-state index in [-0.39, 0.29) is 10.9 Å². The summed E-state index contributed by atoms with van der Waals surface area (Å²) in [5.41, 5.74) is 2.54. The van der Waals surface area contributed by atoms with Crippen molar-refractivity contribution in [3.8, 4) is 0 Å². The van der Waals surface area contributed by atoms with Gasteiger partial charge in [-0.15, -0.1) is 0 Å². The fraction of sp³-hybridized carbons (Fsp3) is 0.200. The number of benzene rings is 4. The van der Waals surface area contributed by atoms with Gasteiger partial charge < -0.3 is 0 Å². The lowest BCUT2D eigenvalue weighted by molar-refractivity contribution is 0.869. The SMILES string of the molecule is CC(C)c1ccc2c(c1)c(=O)c1ccc3c(ccc4c(=O)c5cc(C(C)C)ccc5c43)c12. The van der Waals surface area contributed by atoms with Crippen molar-refractivity contribution in [1.29, 1.82) is 0 Å². The average molecular weight is 417 g/mol. The van der Waals surface area contributed by atoms with Crippen LogP contribution in [-0.2, 0) is 0 Å². The van der Waals surface area contributed by atoms with E-state index < -0.39 is 0 Å². The largest absolute Gasteiger partial charge is 0.289 e. The van der Waals surface area contributed by atoms with Crippen LogP contribution in [0.2, 0.25) is 0 Å². The van der Waals surface area contributed by atoms with Gasteiger partial charge in [0.25, 0.3) is 0 Å². The van der Waals surface area contributed by atoms with Crippen LogP contribution in [0.15, 0.2) is 70.3 Å². The van der Waals surface area contributed by atoms with E-state index in [0.29, 0.717) is 11.8 Å². The van der Waals surface area contributed by atoms with Crippen molar-refractivity contribution in [3.63, 3.8) is 0 Å². The number of hydrogen-bond acceptors (Lipinski definition) is 2. The fourth-order valence-corrected chi connectivity index (χ4v) is 5.31. The van der Waals surface area contributed by atoms with E-state index in [1.165, 1.54) is 11.1 Å². The summed E-state index contributed by atoms with van der Waals surface area (Å²) in [4.78, 5) is 26.5. The van der Waals surface area contributed by atoms with Crippen molar-refractivity contribution < 1.29 is 0 Å². The maximum atomic E-state index is 13.2. The lowest BCUT2D eigenvalue weighted by atomic mass is 9.97. The van der Waals surface area contributed by atoms with Gasteiger partial charge in [-0.25, -0.2) is 0 Å². The van der Waals surface area contributed by atoms with Gasteiger partial charge in [-0.1, -0.05) is 64.1 Å². The fourth-order valence-electron chi connectivity index (χ4n) is 5.31. The smallest absolute Gasteiger partial charge is 0.194 e. The van der Waals surface area contributed by atoms with E-state index in [4.69, 9.17) is 0 Å². The minimum Gasteiger partial charge on any atom is -0.289 e. The molecule has 0 unspecified atom stereocenters. The Kier molecular flexibility index (Phi) is 3.89. The summed E-state index contributed by atoms with van der Waals surface area (Å²) in [5.74, 6) is 0.741. The molecular weight excluding hydrogens is 392 g/mol. The van der Waals surface area contributed by atoms with Crippen molar-refractivity contribution in [3.05, 3.63) is 92.2 Å². The van der Waals surface area contributed by atoms with Gasteiger partial charge in [-0.2, -0.15) is 0 Å². The van der Waals surface area contributed by atoms with E-state index in [9.17, 15) is 9.59 Å². The minimum atomic E-state index is 0.0953. The van der Waals surface area contributed by atoms with E-state index >= 15 is 0 Å². The minimum absolute atomic E-state index is 0.0953. The molecule has 0 saturated heterocycles. The van der Waals surface area contributed by atoms with Crippen LogP contribution >= 0.6 is 0 Å². The van der Waals surface area contributed by atoms with Gasteiger partial charge in [0.2, 0.25) is 0 Å². The molecule has 0 N–H and O–H groups in total. The molecule has 0 atom stereocenters. The Morgan fingerprint density at radius 3 is 1.12 bits per heavy atom. The molecule has 0 aliphatic rings. The molecule has 6 aromatic carbocycles. The summed E-state index contributed by atoms with van der Waals surface area (Å²) in [6.45, 7) is 8.58. The first-order chi connectivity index (χ1) is 15.4. The third-order valence-corrected chi connectivity index (χ3v) is 7.14. The number of rotatable bonds is 2. The van der Waals surface area contributed by atoms with Gasteiger partial charge in [0.05, 0.1) is 0 Å². The Bertz CT molecular complexity index is 1670. The molecular formula is C30H24O2. The number of fused-ring (bicyclic) bond motifs is 9. The summed E-state index contributed by atoms with van der Waals surface area (Å²) in [5, 5.41) is 9.18. The predicted octanol–water partition coefficient (Wildman–Crippen LogP) is 7.30. The van der Waals surface area contributed by atoms with Crippen LogP contribution in [0.5, 0.6) is 0 Å². The highest BCUT2D eigenvalue weighted by Crippen LogP contribution is 2.38. The molecule has 0 heterocycles. The van der Waals surface area contributed by atoms with Crippen LogP contribution in [0, 0.1) is 0 Å². The van der Waals surface area contributed by atoms with Crippen LogP contribution in [0.3, 0.4) is 0 Å².